The number of benzene rings is 1. The Kier molecular flexibility index (Phi) is 4.46. The van der Waals surface area contributed by atoms with Crippen LogP contribution in [0.4, 0.5) is 9.52 Å². The van der Waals surface area contributed by atoms with Gasteiger partial charge in [-0.2, -0.15) is 0 Å². The van der Waals surface area contributed by atoms with E-state index in [4.69, 9.17) is 5.11 Å². The first kappa shape index (κ1) is 14.6. The summed E-state index contributed by atoms with van der Waals surface area (Å²) < 4.78 is 13.3. The number of hydrogen-bond donors (Lipinski definition) is 2. The summed E-state index contributed by atoms with van der Waals surface area (Å²) in [6.07, 6.45) is -0.200. The average molecular weight is 359 g/mol. The van der Waals surface area contributed by atoms with Gasteiger partial charge in [0.15, 0.2) is 5.13 Å². The zero-order chi connectivity index (χ0) is 14.7. The smallest absolute Gasteiger partial charge is 0.309 e. The van der Waals surface area contributed by atoms with Gasteiger partial charge in [-0.15, -0.1) is 11.3 Å². The van der Waals surface area contributed by atoms with E-state index in [2.05, 4.69) is 26.2 Å². The molecule has 8 heteroatoms. The van der Waals surface area contributed by atoms with Crippen molar-refractivity contribution >= 4 is 44.3 Å². The SMILES string of the molecule is O=C(O)Cc1csc(NC(=O)c2ccc(F)c(Br)c2)n1. The summed E-state index contributed by atoms with van der Waals surface area (Å²) in [4.78, 5) is 26.4. The molecule has 5 nitrogen and oxygen atoms in total. The Hall–Kier alpha value is -1.80. The molecule has 0 bridgehead atoms. The molecule has 0 aliphatic heterocycles. The van der Waals surface area contributed by atoms with Crippen molar-refractivity contribution in [3.63, 3.8) is 0 Å². The van der Waals surface area contributed by atoms with Crippen LogP contribution in [0.1, 0.15) is 16.1 Å². The molecule has 2 N–H and O–H groups in total. The number of hydrogen-bond acceptors (Lipinski definition) is 4. The van der Waals surface area contributed by atoms with Gasteiger partial charge in [0, 0.05) is 10.9 Å². The van der Waals surface area contributed by atoms with E-state index in [0.29, 0.717) is 10.8 Å². The van der Waals surface area contributed by atoms with E-state index in [1.807, 2.05) is 0 Å². The van der Waals surface area contributed by atoms with Gasteiger partial charge in [0.2, 0.25) is 0 Å². The molecule has 0 aliphatic rings. The van der Waals surface area contributed by atoms with Crippen LogP contribution in [-0.4, -0.2) is 22.0 Å². The molecule has 0 saturated carbocycles. The molecule has 1 heterocycles. The molecular weight excluding hydrogens is 351 g/mol. The van der Waals surface area contributed by atoms with E-state index >= 15 is 0 Å². The molecule has 2 aromatic rings. The molecule has 1 aromatic heterocycles. The molecule has 0 saturated heterocycles. The number of rotatable bonds is 4. The fraction of sp³-hybridized carbons (Fsp3) is 0.0833. The summed E-state index contributed by atoms with van der Waals surface area (Å²) in [6, 6.07) is 3.88. The standard InChI is InChI=1S/C12H8BrFN2O3S/c13-8-3-6(1-2-9(8)14)11(19)16-12-15-7(5-20-12)4-10(17)18/h1-3,5H,4H2,(H,17,18)(H,15,16,19). The molecule has 104 valence electrons. The van der Waals surface area contributed by atoms with E-state index in [0.717, 1.165) is 11.3 Å². The minimum absolute atomic E-state index is 0.191. The van der Waals surface area contributed by atoms with Crippen molar-refractivity contribution in [3.05, 3.63) is 45.1 Å². The third-order valence-corrected chi connectivity index (χ3v) is 3.70. The Balaban J connectivity index is 2.09. The number of carboxylic acid groups (broad SMARTS) is 1. The number of carbonyl (C=O) groups is 2. The predicted octanol–water partition coefficient (Wildman–Crippen LogP) is 2.92. The van der Waals surface area contributed by atoms with Crippen LogP contribution >= 0.6 is 27.3 Å². The monoisotopic (exact) mass is 358 g/mol. The first-order valence-corrected chi connectivity index (χ1v) is 7.05. The quantitative estimate of drug-likeness (QED) is 0.880. The Labute approximate surface area is 125 Å². The van der Waals surface area contributed by atoms with Crippen LogP contribution in [0.15, 0.2) is 28.1 Å². The highest BCUT2D eigenvalue weighted by molar-refractivity contribution is 9.10. The van der Waals surface area contributed by atoms with Gasteiger partial charge in [-0.1, -0.05) is 0 Å². The van der Waals surface area contributed by atoms with E-state index in [-0.39, 0.29) is 16.5 Å². The molecule has 0 atom stereocenters. The lowest BCUT2D eigenvalue weighted by Gasteiger charge is -2.02. The zero-order valence-electron chi connectivity index (χ0n) is 9.89. The molecule has 0 fully saturated rings. The maximum absolute atomic E-state index is 13.1. The van der Waals surface area contributed by atoms with Gasteiger partial charge in [-0.05, 0) is 34.1 Å². The molecule has 20 heavy (non-hydrogen) atoms. The highest BCUT2D eigenvalue weighted by atomic mass is 79.9. The zero-order valence-corrected chi connectivity index (χ0v) is 12.3. The van der Waals surface area contributed by atoms with E-state index in [9.17, 15) is 14.0 Å². The summed E-state index contributed by atoms with van der Waals surface area (Å²) in [7, 11) is 0. The maximum atomic E-state index is 13.1. The van der Waals surface area contributed by atoms with Crippen molar-refractivity contribution in [2.75, 3.05) is 5.32 Å². The highest BCUT2D eigenvalue weighted by Crippen LogP contribution is 2.20. The summed E-state index contributed by atoms with van der Waals surface area (Å²) in [5.41, 5.74) is 0.645. The van der Waals surface area contributed by atoms with Crippen LogP contribution in [-0.2, 0) is 11.2 Å². The second kappa shape index (κ2) is 6.10. The molecule has 0 unspecified atom stereocenters. The van der Waals surface area contributed by atoms with Crippen LogP contribution in [0.5, 0.6) is 0 Å². The lowest BCUT2D eigenvalue weighted by Crippen LogP contribution is -2.12. The first-order chi connectivity index (χ1) is 9.45. The minimum atomic E-state index is -0.990. The number of halogens is 2. The second-order valence-corrected chi connectivity index (χ2v) is 5.51. The number of anilines is 1. The van der Waals surface area contributed by atoms with Crippen LogP contribution in [0.3, 0.4) is 0 Å². The Morgan fingerprint density at radius 2 is 2.20 bits per heavy atom. The Morgan fingerprint density at radius 1 is 1.45 bits per heavy atom. The van der Waals surface area contributed by atoms with Crippen molar-refractivity contribution < 1.29 is 19.1 Å². The molecule has 1 aromatic carbocycles. The highest BCUT2D eigenvalue weighted by Gasteiger charge is 2.12. The van der Waals surface area contributed by atoms with Gasteiger partial charge in [0.05, 0.1) is 16.6 Å². The van der Waals surface area contributed by atoms with E-state index < -0.39 is 17.7 Å². The number of aromatic nitrogens is 1. The fourth-order valence-electron chi connectivity index (χ4n) is 1.41. The summed E-state index contributed by atoms with van der Waals surface area (Å²) in [5, 5.41) is 13.0. The van der Waals surface area contributed by atoms with Gasteiger partial charge in [-0.3, -0.25) is 14.9 Å². The molecule has 0 spiro atoms. The summed E-state index contributed by atoms with van der Waals surface area (Å²) in [5.74, 6) is -1.89. The topological polar surface area (TPSA) is 79.3 Å². The van der Waals surface area contributed by atoms with Gasteiger partial charge in [-0.25, -0.2) is 9.37 Å². The van der Waals surface area contributed by atoms with Gasteiger partial charge in [0.1, 0.15) is 5.82 Å². The number of thiazole rings is 1. The number of nitrogens with zero attached hydrogens (tertiary/aromatic N) is 1. The van der Waals surface area contributed by atoms with Crippen LogP contribution in [0, 0.1) is 5.82 Å². The van der Waals surface area contributed by atoms with Crippen molar-refractivity contribution in [1.29, 1.82) is 0 Å². The van der Waals surface area contributed by atoms with Crippen LogP contribution in [0.25, 0.3) is 0 Å². The number of nitrogens with one attached hydrogen (secondary N) is 1. The second-order valence-electron chi connectivity index (χ2n) is 3.80. The van der Waals surface area contributed by atoms with E-state index in [1.165, 1.54) is 18.2 Å². The van der Waals surface area contributed by atoms with Gasteiger partial charge in [0.25, 0.3) is 5.91 Å². The minimum Gasteiger partial charge on any atom is -0.481 e. The van der Waals surface area contributed by atoms with Crippen molar-refractivity contribution in [2.24, 2.45) is 0 Å². The van der Waals surface area contributed by atoms with Crippen LogP contribution in [0.2, 0.25) is 0 Å². The average Bonchev–Trinajstić information content (AvgIpc) is 2.79. The lowest BCUT2D eigenvalue weighted by atomic mass is 10.2. The van der Waals surface area contributed by atoms with E-state index in [1.54, 1.807) is 5.38 Å². The molecular formula is C12H8BrFN2O3S. The molecule has 2 rings (SSSR count). The Bertz CT molecular complexity index is 674. The normalized spacial score (nSPS) is 10.3. The maximum Gasteiger partial charge on any atom is 0.309 e. The van der Waals surface area contributed by atoms with Crippen LogP contribution < -0.4 is 5.32 Å². The third-order valence-electron chi connectivity index (χ3n) is 2.29. The lowest BCUT2D eigenvalue weighted by molar-refractivity contribution is -0.136. The Morgan fingerprint density at radius 3 is 2.85 bits per heavy atom. The van der Waals surface area contributed by atoms with Crippen molar-refractivity contribution in [2.45, 2.75) is 6.42 Å². The van der Waals surface area contributed by atoms with Gasteiger partial charge >= 0.3 is 5.97 Å². The first-order valence-electron chi connectivity index (χ1n) is 5.38. The van der Waals surface area contributed by atoms with Crippen molar-refractivity contribution in [1.82, 2.24) is 4.98 Å². The number of carbonyl (C=O) groups excluding carboxylic acids is 1. The summed E-state index contributed by atoms with van der Waals surface area (Å²) >= 11 is 4.13. The summed E-state index contributed by atoms with van der Waals surface area (Å²) in [6.45, 7) is 0. The number of amides is 1. The largest absolute Gasteiger partial charge is 0.481 e. The number of carboxylic acids is 1. The number of aliphatic carboxylic acids is 1. The predicted molar refractivity (Wildman–Crippen MR) is 75.5 cm³/mol. The fourth-order valence-corrected chi connectivity index (χ4v) is 2.49. The molecule has 1 amide bonds. The van der Waals surface area contributed by atoms with Crippen molar-refractivity contribution in [3.8, 4) is 0 Å². The molecule has 0 radical (unpaired) electrons. The third kappa shape index (κ3) is 3.61. The molecule has 0 aliphatic carbocycles. The van der Waals surface area contributed by atoms with Gasteiger partial charge < -0.3 is 5.11 Å².